The Balaban J connectivity index is 1.82. The van der Waals surface area contributed by atoms with Gasteiger partial charge in [-0.3, -0.25) is 0 Å². The number of thiophene rings is 1. The van der Waals surface area contributed by atoms with Crippen molar-refractivity contribution < 1.29 is 4.74 Å². The van der Waals surface area contributed by atoms with Gasteiger partial charge in [-0.15, -0.1) is 11.3 Å². The molecular weight excluding hydrogens is 339 g/mol. The van der Waals surface area contributed by atoms with E-state index in [9.17, 15) is 0 Å². The maximum absolute atomic E-state index is 6.09. The fourth-order valence-corrected chi connectivity index (χ4v) is 3.28. The molecule has 3 nitrogen and oxygen atoms in total. The lowest BCUT2D eigenvalue weighted by Gasteiger charge is -2.06. The van der Waals surface area contributed by atoms with Gasteiger partial charge in [0, 0.05) is 15.4 Å². The third kappa shape index (κ3) is 2.99. The molecule has 0 N–H and O–H groups in total. The number of hydrogen-bond donors (Lipinski definition) is 0. The number of rotatable bonds is 3. The van der Waals surface area contributed by atoms with Crippen molar-refractivity contribution in [1.29, 1.82) is 0 Å². The van der Waals surface area contributed by atoms with Crippen LogP contribution in [-0.2, 0) is 6.61 Å². The number of aromatic nitrogens is 2. The lowest BCUT2D eigenvalue weighted by molar-refractivity contribution is 0.296. The number of halogens is 3. The Bertz CT molecular complexity index is 755. The standard InChI is InChI=1S/C13H7Cl3N2OS/c14-7-3-8(15)5-9(4-7)19-6-11-17-12(16)10-1-2-20-13(10)18-11/h1-5H,6H2. The summed E-state index contributed by atoms with van der Waals surface area (Å²) in [7, 11) is 0. The van der Waals surface area contributed by atoms with E-state index in [4.69, 9.17) is 39.5 Å². The van der Waals surface area contributed by atoms with Crippen LogP contribution in [0.5, 0.6) is 5.75 Å². The largest absolute Gasteiger partial charge is 0.486 e. The Morgan fingerprint density at radius 2 is 1.80 bits per heavy atom. The van der Waals surface area contributed by atoms with Crippen LogP contribution in [0.1, 0.15) is 5.82 Å². The van der Waals surface area contributed by atoms with Crippen LogP contribution < -0.4 is 4.74 Å². The lowest BCUT2D eigenvalue weighted by Crippen LogP contribution is -2.01. The number of ether oxygens (including phenoxy) is 1. The minimum absolute atomic E-state index is 0.199. The zero-order chi connectivity index (χ0) is 14.1. The van der Waals surface area contributed by atoms with Crippen molar-refractivity contribution in [1.82, 2.24) is 9.97 Å². The molecule has 102 valence electrons. The highest BCUT2D eigenvalue weighted by Crippen LogP contribution is 2.27. The number of benzene rings is 1. The number of hydrogen-bond acceptors (Lipinski definition) is 4. The molecule has 0 amide bonds. The van der Waals surface area contributed by atoms with E-state index in [0.29, 0.717) is 26.8 Å². The first kappa shape index (κ1) is 13.9. The summed E-state index contributed by atoms with van der Waals surface area (Å²) >= 11 is 19.4. The van der Waals surface area contributed by atoms with E-state index in [-0.39, 0.29) is 6.61 Å². The molecule has 20 heavy (non-hydrogen) atoms. The lowest BCUT2D eigenvalue weighted by atomic mass is 10.3. The second-order valence-corrected chi connectivity index (χ2v) is 6.09. The molecule has 0 atom stereocenters. The molecule has 1 aromatic carbocycles. The fourth-order valence-electron chi connectivity index (χ4n) is 1.68. The predicted octanol–water partition coefficient (Wildman–Crippen LogP) is 5.23. The first-order valence-electron chi connectivity index (χ1n) is 5.60. The molecule has 2 heterocycles. The summed E-state index contributed by atoms with van der Waals surface area (Å²) < 4.78 is 5.59. The zero-order valence-electron chi connectivity index (χ0n) is 9.94. The minimum Gasteiger partial charge on any atom is -0.486 e. The topological polar surface area (TPSA) is 35.0 Å². The maximum Gasteiger partial charge on any atom is 0.169 e. The molecule has 0 aliphatic rings. The molecule has 0 aliphatic carbocycles. The Morgan fingerprint density at radius 3 is 2.55 bits per heavy atom. The van der Waals surface area contributed by atoms with Crippen molar-refractivity contribution in [3.8, 4) is 5.75 Å². The third-order valence-electron chi connectivity index (χ3n) is 2.53. The van der Waals surface area contributed by atoms with Crippen LogP contribution in [0.15, 0.2) is 29.6 Å². The fraction of sp³-hybridized carbons (Fsp3) is 0.0769. The van der Waals surface area contributed by atoms with Gasteiger partial charge in [-0.1, -0.05) is 34.8 Å². The molecule has 2 aromatic heterocycles. The van der Waals surface area contributed by atoms with E-state index < -0.39 is 0 Å². The van der Waals surface area contributed by atoms with Gasteiger partial charge < -0.3 is 4.74 Å². The molecular formula is C13H7Cl3N2OS. The van der Waals surface area contributed by atoms with Crippen molar-refractivity contribution in [2.75, 3.05) is 0 Å². The van der Waals surface area contributed by atoms with Crippen molar-refractivity contribution in [2.45, 2.75) is 6.61 Å². The molecule has 0 radical (unpaired) electrons. The predicted molar refractivity (Wildman–Crippen MR) is 83.2 cm³/mol. The van der Waals surface area contributed by atoms with Gasteiger partial charge >= 0.3 is 0 Å². The van der Waals surface area contributed by atoms with Gasteiger partial charge in [0.15, 0.2) is 5.82 Å². The van der Waals surface area contributed by atoms with Gasteiger partial charge in [0.25, 0.3) is 0 Å². The highest BCUT2D eigenvalue weighted by molar-refractivity contribution is 7.16. The number of nitrogens with zero attached hydrogens (tertiary/aromatic N) is 2. The highest BCUT2D eigenvalue weighted by atomic mass is 35.5. The van der Waals surface area contributed by atoms with E-state index in [0.717, 1.165) is 10.2 Å². The van der Waals surface area contributed by atoms with Gasteiger partial charge in [0.05, 0.1) is 0 Å². The quantitative estimate of drug-likeness (QED) is 0.610. The highest BCUT2D eigenvalue weighted by Gasteiger charge is 2.08. The van der Waals surface area contributed by atoms with Gasteiger partial charge in [-0.2, -0.15) is 0 Å². The summed E-state index contributed by atoms with van der Waals surface area (Å²) in [6, 6.07) is 6.89. The van der Waals surface area contributed by atoms with Crippen LogP contribution >= 0.6 is 46.1 Å². The summed E-state index contributed by atoms with van der Waals surface area (Å²) in [5.41, 5.74) is 0. The average Bonchev–Trinajstić information content (AvgIpc) is 2.84. The van der Waals surface area contributed by atoms with Crippen molar-refractivity contribution >= 4 is 56.4 Å². The van der Waals surface area contributed by atoms with E-state index in [1.807, 2.05) is 11.4 Å². The summed E-state index contributed by atoms with van der Waals surface area (Å²) in [4.78, 5) is 9.43. The van der Waals surface area contributed by atoms with Crippen molar-refractivity contribution in [2.24, 2.45) is 0 Å². The van der Waals surface area contributed by atoms with Crippen LogP contribution in [-0.4, -0.2) is 9.97 Å². The van der Waals surface area contributed by atoms with Gasteiger partial charge in [-0.25, -0.2) is 9.97 Å². The summed E-state index contributed by atoms with van der Waals surface area (Å²) in [5.74, 6) is 1.08. The third-order valence-corrected chi connectivity index (χ3v) is 4.06. The van der Waals surface area contributed by atoms with Crippen molar-refractivity contribution in [3.63, 3.8) is 0 Å². The SMILES string of the molecule is Clc1cc(Cl)cc(OCc2nc(Cl)c3ccsc3n2)c1. The first-order chi connectivity index (χ1) is 9.61. The van der Waals surface area contributed by atoms with E-state index >= 15 is 0 Å². The smallest absolute Gasteiger partial charge is 0.169 e. The maximum atomic E-state index is 6.09. The summed E-state index contributed by atoms with van der Waals surface area (Å²) in [6.07, 6.45) is 0. The van der Waals surface area contributed by atoms with Gasteiger partial charge in [-0.05, 0) is 29.6 Å². The van der Waals surface area contributed by atoms with Gasteiger partial charge in [0.2, 0.25) is 0 Å². The van der Waals surface area contributed by atoms with E-state index in [2.05, 4.69) is 9.97 Å². The molecule has 0 saturated carbocycles. The monoisotopic (exact) mass is 344 g/mol. The molecule has 0 aliphatic heterocycles. The second kappa shape index (κ2) is 5.74. The Labute approximate surface area is 134 Å². The molecule has 0 saturated heterocycles. The van der Waals surface area contributed by atoms with Crippen LogP contribution in [0, 0.1) is 0 Å². The van der Waals surface area contributed by atoms with Crippen LogP contribution in [0.25, 0.3) is 10.2 Å². The molecule has 7 heteroatoms. The Morgan fingerprint density at radius 1 is 1.05 bits per heavy atom. The molecule has 0 unspecified atom stereocenters. The van der Waals surface area contributed by atoms with Crippen LogP contribution in [0.2, 0.25) is 15.2 Å². The summed E-state index contributed by atoms with van der Waals surface area (Å²) in [6.45, 7) is 0.199. The Hall–Kier alpha value is -1.07. The molecule has 0 spiro atoms. The molecule has 0 bridgehead atoms. The Kier molecular flexibility index (Phi) is 3.98. The zero-order valence-corrected chi connectivity index (χ0v) is 13.0. The minimum atomic E-state index is 0.199. The number of fused-ring (bicyclic) bond motifs is 1. The molecule has 0 fully saturated rings. The van der Waals surface area contributed by atoms with E-state index in [1.165, 1.54) is 11.3 Å². The first-order valence-corrected chi connectivity index (χ1v) is 7.62. The van der Waals surface area contributed by atoms with Crippen LogP contribution in [0.3, 0.4) is 0 Å². The summed E-state index contributed by atoms with van der Waals surface area (Å²) in [5, 5.41) is 4.23. The van der Waals surface area contributed by atoms with Crippen molar-refractivity contribution in [3.05, 3.63) is 50.7 Å². The van der Waals surface area contributed by atoms with Crippen LogP contribution in [0.4, 0.5) is 0 Å². The van der Waals surface area contributed by atoms with Gasteiger partial charge in [0.1, 0.15) is 22.3 Å². The normalized spacial score (nSPS) is 10.9. The molecule has 3 rings (SSSR count). The second-order valence-electron chi connectivity index (χ2n) is 3.96. The average molecular weight is 346 g/mol. The molecule has 3 aromatic rings. The van der Waals surface area contributed by atoms with E-state index in [1.54, 1.807) is 18.2 Å².